The van der Waals surface area contributed by atoms with E-state index in [4.69, 9.17) is 0 Å². The van der Waals surface area contributed by atoms with E-state index in [0.717, 1.165) is 6.42 Å². The van der Waals surface area contributed by atoms with E-state index in [1.54, 1.807) is 0 Å². The standard InChI is InChI=1S/C15H20O/c1-3-11(4-2)15-10-13(16)9-12-7-5-6-8-14(12)15/h5-9,11,15-16H,3-4,10H2,1-2H3. The van der Waals surface area contributed by atoms with Crippen LogP contribution >= 0.6 is 0 Å². The molecule has 1 aliphatic carbocycles. The van der Waals surface area contributed by atoms with Crippen LogP contribution in [0.3, 0.4) is 0 Å². The Balaban J connectivity index is 2.39. The van der Waals surface area contributed by atoms with Crippen molar-refractivity contribution in [3.05, 3.63) is 41.2 Å². The minimum atomic E-state index is 0.496. The highest BCUT2D eigenvalue weighted by atomic mass is 16.3. The molecule has 0 aliphatic heterocycles. The summed E-state index contributed by atoms with van der Waals surface area (Å²) in [6.45, 7) is 4.48. The van der Waals surface area contributed by atoms with E-state index in [0.29, 0.717) is 17.6 Å². The number of allylic oxidation sites excluding steroid dienone is 1. The first kappa shape index (κ1) is 11.3. The van der Waals surface area contributed by atoms with E-state index in [1.165, 1.54) is 24.0 Å². The van der Waals surface area contributed by atoms with E-state index in [9.17, 15) is 5.11 Å². The lowest BCUT2D eigenvalue weighted by molar-refractivity contribution is 0.323. The Kier molecular flexibility index (Phi) is 3.33. The van der Waals surface area contributed by atoms with Crippen LogP contribution in [0, 0.1) is 5.92 Å². The summed E-state index contributed by atoms with van der Waals surface area (Å²) in [5.74, 6) is 1.71. The summed E-state index contributed by atoms with van der Waals surface area (Å²) in [5, 5.41) is 9.83. The van der Waals surface area contributed by atoms with Gasteiger partial charge in [-0.15, -0.1) is 0 Å². The zero-order chi connectivity index (χ0) is 11.5. The van der Waals surface area contributed by atoms with E-state index < -0.39 is 0 Å². The van der Waals surface area contributed by atoms with Gasteiger partial charge in [-0.1, -0.05) is 51.0 Å². The number of fused-ring (bicyclic) bond motifs is 1. The van der Waals surface area contributed by atoms with Crippen molar-refractivity contribution in [2.45, 2.75) is 39.0 Å². The van der Waals surface area contributed by atoms with Gasteiger partial charge in [-0.2, -0.15) is 0 Å². The van der Waals surface area contributed by atoms with Gasteiger partial charge in [-0.05, 0) is 29.0 Å². The van der Waals surface area contributed by atoms with Gasteiger partial charge in [0.25, 0.3) is 0 Å². The van der Waals surface area contributed by atoms with Crippen molar-refractivity contribution < 1.29 is 5.11 Å². The second kappa shape index (κ2) is 4.73. The van der Waals surface area contributed by atoms with E-state index in [1.807, 2.05) is 12.1 Å². The Bertz CT molecular complexity index is 388. The first-order valence-corrected chi connectivity index (χ1v) is 6.24. The van der Waals surface area contributed by atoms with Crippen molar-refractivity contribution in [1.29, 1.82) is 0 Å². The monoisotopic (exact) mass is 216 g/mol. The van der Waals surface area contributed by atoms with Gasteiger partial charge in [0, 0.05) is 6.42 Å². The number of benzene rings is 1. The zero-order valence-corrected chi connectivity index (χ0v) is 10.1. The number of aliphatic hydroxyl groups excluding tert-OH is 1. The fourth-order valence-corrected chi connectivity index (χ4v) is 2.83. The molecule has 1 atom stereocenters. The lowest BCUT2D eigenvalue weighted by Crippen LogP contribution is -2.16. The van der Waals surface area contributed by atoms with E-state index in [2.05, 4.69) is 32.0 Å². The average Bonchev–Trinajstić information content (AvgIpc) is 2.30. The minimum absolute atomic E-state index is 0.496. The Morgan fingerprint density at radius 1 is 1.25 bits per heavy atom. The third-order valence-corrected chi connectivity index (χ3v) is 3.76. The van der Waals surface area contributed by atoms with Gasteiger partial charge in [-0.3, -0.25) is 0 Å². The quantitative estimate of drug-likeness (QED) is 0.788. The van der Waals surface area contributed by atoms with Gasteiger partial charge in [0.15, 0.2) is 0 Å². The summed E-state index contributed by atoms with van der Waals surface area (Å²) in [7, 11) is 0. The van der Waals surface area contributed by atoms with Crippen molar-refractivity contribution in [1.82, 2.24) is 0 Å². The normalized spacial score (nSPS) is 19.4. The maximum Gasteiger partial charge on any atom is 0.0934 e. The van der Waals surface area contributed by atoms with Crippen LogP contribution in [0.1, 0.15) is 50.2 Å². The molecule has 0 fully saturated rings. The molecule has 2 rings (SSSR count). The molecule has 0 spiro atoms. The van der Waals surface area contributed by atoms with Crippen LogP contribution in [0.15, 0.2) is 30.0 Å². The molecule has 0 saturated heterocycles. The molecule has 1 nitrogen and oxygen atoms in total. The second-order valence-electron chi connectivity index (χ2n) is 4.65. The molecule has 1 aliphatic rings. The maximum atomic E-state index is 9.83. The topological polar surface area (TPSA) is 20.2 Å². The van der Waals surface area contributed by atoms with Crippen LogP contribution in [0.5, 0.6) is 0 Å². The van der Waals surface area contributed by atoms with Crippen LogP contribution in [-0.4, -0.2) is 5.11 Å². The Morgan fingerprint density at radius 3 is 2.62 bits per heavy atom. The molecular weight excluding hydrogens is 196 g/mol. The molecule has 86 valence electrons. The first-order chi connectivity index (χ1) is 7.76. The number of hydrogen-bond acceptors (Lipinski definition) is 1. The third-order valence-electron chi connectivity index (χ3n) is 3.76. The van der Waals surface area contributed by atoms with Crippen molar-refractivity contribution in [3.63, 3.8) is 0 Å². The van der Waals surface area contributed by atoms with Crippen molar-refractivity contribution in [2.75, 3.05) is 0 Å². The molecule has 0 heterocycles. The van der Waals surface area contributed by atoms with Gasteiger partial charge in [-0.25, -0.2) is 0 Å². The van der Waals surface area contributed by atoms with Crippen molar-refractivity contribution in [3.8, 4) is 0 Å². The molecule has 0 radical (unpaired) electrons. The summed E-state index contributed by atoms with van der Waals surface area (Å²) in [4.78, 5) is 0. The molecule has 1 aromatic rings. The lowest BCUT2D eigenvalue weighted by atomic mass is 9.76. The van der Waals surface area contributed by atoms with Gasteiger partial charge in [0.05, 0.1) is 5.76 Å². The first-order valence-electron chi connectivity index (χ1n) is 6.24. The smallest absolute Gasteiger partial charge is 0.0934 e. The van der Waals surface area contributed by atoms with E-state index in [-0.39, 0.29) is 0 Å². The van der Waals surface area contributed by atoms with E-state index >= 15 is 0 Å². The Morgan fingerprint density at radius 2 is 1.94 bits per heavy atom. The molecule has 1 N–H and O–H groups in total. The summed E-state index contributed by atoms with van der Waals surface area (Å²) < 4.78 is 0. The molecular formula is C15H20O. The molecule has 1 heteroatoms. The van der Waals surface area contributed by atoms with Crippen LogP contribution in [0.4, 0.5) is 0 Å². The molecule has 1 unspecified atom stereocenters. The Labute approximate surface area is 97.8 Å². The van der Waals surface area contributed by atoms with Crippen molar-refractivity contribution in [2.24, 2.45) is 5.92 Å². The SMILES string of the molecule is CCC(CC)C1CC(O)=Cc2ccccc21. The highest BCUT2D eigenvalue weighted by Crippen LogP contribution is 2.40. The predicted molar refractivity (Wildman–Crippen MR) is 68.5 cm³/mol. The molecule has 0 aromatic heterocycles. The number of aliphatic hydroxyl groups is 1. The average molecular weight is 216 g/mol. The number of hydrogen-bond donors (Lipinski definition) is 1. The summed E-state index contributed by atoms with van der Waals surface area (Å²) in [5.41, 5.74) is 2.61. The van der Waals surface area contributed by atoms with Gasteiger partial charge < -0.3 is 5.11 Å². The molecule has 0 saturated carbocycles. The predicted octanol–water partition coefficient (Wildman–Crippen LogP) is 4.51. The summed E-state index contributed by atoms with van der Waals surface area (Å²) in [6, 6.07) is 8.45. The molecule has 1 aromatic carbocycles. The van der Waals surface area contributed by atoms with Crippen molar-refractivity contribution >= 4 is 6.08 Å². The highest BCUT2D eigenvalue weighted by Gasteiger charge is 2.26. The van der Waals surface area contributed by atoms with Crippen LogP contribution in [-0.2, 0) is 0 Å². The third kappa shape index (κ3) is 1.99. The largest absolute Gasteiger partial charge is 0.512 e. The van der Waals surface area contributed by atoms with Gasteiger partial charge in [0.2, 0.25) is 0 Å². The van der Waals surface area contributed by atoms with Crippen LogP contribution < -0.4 is 0 Å². The van der Waals surface area contributed by atoms with Gasteiger partial charge in [0.1, 0.15) is 0 Å². The van der Waals surface area contributed by atoms with Crippen LogP contribution in [0.2, 0.25) is 0 Å². The zero-order valence-electron chi connectivity index (χ0n) is 10.1. The maximum absolute atomic E-state index is 9.83. The summed E-state index contributed by atoms with van der Waals surface area (Å²) in [6.07, 6.45) is 5.09. The Hall–Kier alpha value is -1.24. The van der Waals surface area contributed by atoms with Gasteiger partial charge >= 0.3 is 0 Å². The summed E-state index contributed by atoms with van der Waals surface area (Å²) >= 11 is 0. The van der Waals surface area contributed by atoms with Crippen LogP contribution in [0.25, 0.3) is 6.08 Å². The molecule has 16 heavy (non-hydrogen) atoms. The number of rotatable bonds is 3. The minimum Gasteiger partial charge on any atom is -0.512 e. The lowest BCUT2D eigenvalue weighted by Gasteiger charge is -2.29. The fourth-order valence-electron chi connectivity index (χ4n) is 2.83. The highest BCUT2D eigenvalue weighted by molar-refractivity contribution is 5.59. The fraction of sp³-hybridized carbons (Fsp3) is 0.467. The molecule has 0 amide bonds. The molecule has 0 bridgehead atoms. The second-order valence-corrected chi connectivity index (χ2v) is 4.65.